The molecular weight excluding hydrogens is 1240 g/mol. The minimum absolute atomic E-state index is 0.0150. The molecule has 7 N–H and O–H groups in total. The second-order valence-corrected chi connectivity index (χ2v) is 26.3. The van der Waals surface area contributed by atoms with Gasteiger partial charge in [-0.2, -0.15) is 0 Å². The van der Waals surface area contributed by atoms with Gasteiger partial charge in [0.1, 0.15) is 67.5 Å². The number of carbonyl (C=O) groups excluding carboxylic acids is 11. The van der Waals surface area contributed by atoms with Crippen LogP contribution >= 0.6 is 0 Å². The number of fused-ring (bicyclic) bond motifs is 3. The minimum atomic E-state index is -1.29. The zero-order valence-electron chi connectivity index (χ0n) is 58.5. The fourth-order valence-electron chi connectivity index (χ4n) is 11.4. The molecule has 0 aromatic heterocycles. The lowest BCUT2D eigenvalue weighted by Gasteiger charge is -2.35. The normalized spacial score (nSPS) is 14.5. The molecule has 0 bridgehead atoms. The monoisotopic (exact) mass is 1340 g/mol. The Hall–Kier alpha value is -9.68. The van der Waals surface area contributed by atoms with E-state index in [1.807, 2.05) is 90.1 Å². The first kappa shape index (κ1) is 78.0. The first-order valence-electron chi connectivity index (χ1n) is 32.9. The molecule has 1 aliphatic rings. The molecule has 1 aliphatic carbocycles. The Kier molecular flexibility index (Phi) is 29.3. The number of hydrogen-bond acceptors (Lipinski definition) is 13. The molecule has 0 unspecified atom stereocenters. The van der Waals surface area contributed by atoms with Crippen molar-refractivity contribution in [3.05, 3.63) is 131 Å². The molecule has 0 heterocycles. The highest BCUT2D eigenvalue weighted by Gasteiger charge is 2.40. The Bertz CT molecular complexity index is 3380. The Morgan fingerprint density at radius 3 is 1.30 bits per heavy atom. The third kappa shape index (κ3) is 21.9. The summed E-state index contributed by atoms with van der Waals surface area (Å²) in [6.45, 7) is 15.7. The molecule has 0 saturated heterocycles. The van der Waals surface area contributed by atoms with Crippen molar-refractivity contribution in [2.75, 3.05) is 54.9 Å². The molecule has 9 atom stereocenters. The van der Waals surface area contributed by atoms with E-state index in [1.54, 1.807) is 60.7 Å². The van der Waals surface area contributed by atoms with Gasteiger partial charge in [0.15, 0.2) is 0 Å². The fourth-order valence-corrected chi connectivity index (χ4v) is 11.4. The van der Waals surface area contributed by atoms with Crippen LogP contribution < -0.4 is 31.9 Å². The van der Waals surface area contributed by atoms with Gasteiger partial charge in [0.25, 0.3) is 0 Å². The van der Waals surface area contributed by atoms with E-state index in [0.29, 0.717) is 11.1 Å². The van der Waals surface area contributed by atoms with Crippen LogP contribution in [-0.4, -0.2) is 210 Å². The highest BCUT2D eigenvalue weighted by molar-refractivity contribution is 5.98. The van der Waals surface area contributed by atoms with Crippen LogP contribution in [0.15, 0.2) is 109 Å². The maximum absolute atomic E-state index is 14.7. The summed E-state index contributed by atoms with van der Waals surface area (Å²) < 4.78 is 5.81. The molecule has 0 saturated carbocycles. The highest BCUT2D eigenvalue weighted by atomic mass is 16.6. The molecular formula is C72H99N11O14. The summed E-state index contributed by atoms with van der Waals surface area (Å²) in [4.78, 5) is 171. The van der Waals surface area contributed by atoms with E-state index in [-0.39, 0.29) is 62.4 Å². The van der Waals surface area contributed by atoms with Crippen LogP contribution in [0, 0.1) is 17.8 Å². The van der Waals surface area contributed by atoms with Crippen molar-refractivity contribution < 1.29 is 67.4 Å². The Morgan fingerprint density at radius 1 is 0.412 bits per heavy atom. The molecule has 0 spiro atoms. The average molecular weight is 1340 g/mol. The van der Waals surface area contributed by atoms with Crippen molar-refractivity contribution in [2.24, 2.45) is 17.8 Å². The van der Waals surface area contributed by atoms with Crippen LogP contribution in [-0.2, 0) is 70.3 Å². The van der Waals surface area contributed by atoms with Crippen LogP contribution in [0.3, 0.4) is 0 Å². The number of nitrogens with zero attached hydrogens (tertiary/aromatic N) is 5. The quantitative estimate of drug-likeness (QED) is 0.0339. The summed E-state index contributed by atoms with van der Waals surface area (Å²) in [6.07, 6.45) is -0.271. The van der Waals surface area contributed by atoms with Crippen LogP contribution in [0.1, 0.15) is 117 Å². The number of nitrogens with one attached hydrogen (secondary N) is 6. The molecule has 0 aliphatic heterocycles. The number of hydrogen-bond donors (Lipinski definition) is 7. The van der Waals surface area contributed by atoms with Crippen LogP contribution in [0.25, 0.3) is 11.1 Å². The number of ether oxygens (including phenoxy) is 1. The zero-order valence-corrected chi connectivity index (χ0v) is 58.5. The molecule has 526 valence electrons. The van der Waals surface area contributed by atoms with Gasteiger partial charge in [-0.05, 0) is 98.1 Å². The van der Waals surface area contributed by atoms with E-state index in [9.17, 15) is 62.6 Å². The fraction of sp³-hybridized carbons (Fsp3) is 0.500. The Morgan fingerprint density at radius 2 is 0.825 bits per heavy atom. The van der Waals surface area contributed by atoms with Gasteiger partial charge < -0.3 is 61.3 Å². The third-order valence-electron chi connectivity index (χ3n) is 17.6. The predicted molar refractivity (Wildman–Crippen MR) is 366 cm³/mol. The SMILES string of the molecule is CC(C)C[C@H](NC(=O)[C@H](C)N(C)C(=O)[C@H](Cc1ccccc1)N(C)C(=O)CNC(=O)[C@H](C)NC(=O)[C@H](CC(C)C)N(C)C(=O)[C@H](CC(C)C)NC(=O)[C@H](C)N(C)C(=O)OCC1c2ccccc2-c2ccccc21)C(=O)N(C)[C@@H](C)C(=O)N[C@@H](Cc1ccccc1)C(=O)NCC(=O)O. The standard InChI is InChI=1S/C72H99N11O14/c1-42(2)34-57(69(93)79(11)46(8)64(88)76-56(67(91)74-40-62(85)86)37-49-26-18-16-19-27-49)77-65(89)47(9)80(12)71(95)60(38-50-28-20-17-21-29-50)82(14)61(84)39-73-63(87)45(7)75-68(92)59(36-44(5)6)83(15)70(94)58(35-43(3)4)78-66(90)48(10)81(13)72(96)97-41-55-53-32-24-22-30-51(53)52-31-23-25-33-54(52)55/h16-33,42-48,55-60H,34-41H2,1-15H3,(H,73,87)(H,74,91)(H,75,92)(H,76,88)(H,77,89)(H,78,90)(H,85,86)/t45-,46-,47-,48-,56-,57-,58-,59-,60-/m0/s1. The van der Waals surface area contributed by atoms with Crippen molar-refractivity contribution in [1.29, 1.82) is 0 Å². The Balaban J connectivity index is 1.21. The summed E-state index contributed by atoms with van der Waals surface area (Å²) in [5, 5.41) is 24.9. The van der Waals surface area contributed by atoms with Crippen molar-refractivity contribution in [1.82, 2.24) is 56.4 Å². The molecule has 0 fully saturated rings. The molecule has 4 aromatic rings. The van der Waals surface area contributed by atoms with Crippen LogP contribution in [0.2, 0.25) is 0 Å². The number of amides is 11. The number of rotatable bonds is 34. The van der Waals surface area contributed by atoms with E-state index in [0.717, 1.165) is 37.0 Å². The van der Waals surface area contributed by atoms with Gasteiger partial charge in [0.05, 0.1) is 6.54 Å². The average Bonchev–Trinajstić information content (AvgIpc) is 1.62. The topological polar surface area (TPSA) is 323 Å². The number of carboxylic acids is 1. The summed E-state index contributed by atoms with van der Waals surface area (Å²) in [5.41, 5.74) is 5.52. The van der Waals surface area contributed by atoms with Crippen molar-refractivity contribution >= 4 is 71.1 Å². The predicted octanol–water partition coefficient (Wildman–Crippen LogP) is 4.50. The molecule has 4 aromatic carbocycles. The van der Waals surface area contributed by atoms with Gasteiger partial charge in [-0.1, -0.05) is 151 Å². The molecule has 11 amide bonds. The lowest BCUT2D eigenvalue weighted by atomic mass is 9.98. The lowest BCUT2D eigenvalue weighted by Crippen LogP contribution is -2.59. The van der Waals surface area contributed by atoms with Gasteiger partial charge in [-0.15, -0.1) is 0 Å². The lowest BCUT2D eigenvalue weighted by molar-refractivity contribution is -0.148. The summed E-state index contributed by atoms with van der Waals surface area (Å²) in [7, 11) is 7.01. The largest absolute Gasteiger partial charge is 0.480 e. The van der Waals surface area contributed by atoms with Gasteiger partial charge in [-0.25, -0.2) is 4.79 Å². The molecule has 25 nitrogen and oxygen atoms in total. The van der Waals surface area contributed by atoms with Gasteiger partial charge in [0, 0.05) is 54.0 Å². The number of carboxylic acid groups (broad SMARTS) is 1. The van der Waals surface area contributed by atoms with Crippen molar-refractivity contribution in [2.45, 2.75) is 162 Å². The van der Waals surface area contributed by atoms with E-state index in [2.05, 4.69) is 31.9 Å². The zero-order chi connectivity index (χ0) is 72.1. The van der Waals surface area contributed by atoms with Gasteiger partial charge in [-0.3, -0.25) is 57.6 Å². The molecule has 0 radical (unpaired) electrons. The Labute approximate surface area is 569 Å². The van der Waals surface area contributed by atoms with E-state index in [4.69, 9.17) is 4.74 Å². The first-order valence-corrected chi connectivity index (χ1v) is 32.9. The number of benzene rings is 4. The number of likely N-dealkylation sites (N-methyl/N-ethyl adjacent to an activating group) is 5. The molecule has 97 heavy (non-hydrogen) atoms. The van der Waals surface area contributed by atoms with Crippen LogP contribution in [0.5, 0.6) is 0 Å². The maximum Gasteiger partial charge on any atom is 0.410 e. The highest BCUT2D eigenvalue weighted by Crippen LogP contribution is 2.44. The third-order valence-corrected chi connectivity index (χ3v) is 17.6. The number of carbonyl (C=O) groups is 12. The smallest absolute Gasteiger partial charge is 0.410 e. The molecule has 25 heteroatoms. The second kappa shape index (κ2) is 36.4. The van der Waals surface area contributed by atoms with Crippen molar-refractivity contribution in [3.8, 4) is 11.1 Å². The summed E-state index contributed by atoms with van der Waals surface area (Å²) >= 11 is 0. The first-order chi connectivity index (χ1) is 45.7. The summed E-state index contributed by atoms with van der Waals surface area (Å²) in [5.74, 6) is -8.76. The van der Waals surface area contributed by atoms with Gasteiger partial charge >= 0.3 is 12.1 Å². The summed E-state index contributed by atoms with van der Waals surface area (Å²) in [6, 6.07) is 22.8. The van der Waals surface area contributed by atoms with Crippen LogP contribution in [0.4, 0.5) is 4.79 Å². The molecule has 5 rings (SSSR count). The maximum atomic E-state index is 14.7. The van der Waals surface area contributed by atoms with E-state index >= 15 is 0 Å². The van der Waals surface area contributed by atoms with Crippen molar-refractivity contribution in [3.63, 3.8) is 0 Å². The minimum Gasteiger partial charge on any atom is -0.480 e. The van der Waals surface area contributed by atoms with E-state index < -0.39 is 139 Å². The second-order valence-electron chi connectivity index (χ2n) is 26.3. The van der Waals surface area contributed by atoms with Gasteiger partial charge in [0.2, 0.25) is 59.1 Å². The number of aliphatic carboxylic acids is 1. The van der Waals surface area contributed by atoms with E-state index in [1.165, 1.54) is 72.7 Å².